The SMILES string of the molecule is CC(=O)SC(CC(=O)c1ccccc1)C(=O)N1CSC[C@H]1C(=O)O. The summed E-state index contributed by atoms with van der Waals surface area (Å²) >= 11 is 2.12. The molecule has 1 fully saturated rings. The van der Waals surface area contributed by atoms with Gasteiger partial charge in [-0.3, -0.25) is 14.4 Å². The van der Waals surface area contributed by atoms with E-state index in [2.05, 4.69) is 0 Å². The first-order valence-electron chi connectivity index (χ1n) is 7.26. The molecule has 1 heterocycles. The third-order valence-corrected chi connectivity index (χ3v) is 5.50. The summed E-state index contributed by atoms with van der Waals surface area (Å²) in [5.41, 5.74) is 0.463. The van der Waals surface area contributed by atoms with Crippen LogP contribution >= 0.6 is 23.5 Å². The quantitative estimate of drug-likeness (QED) is 0.768. The van der Waals surface area contributed by atoms with Crippen LogP contribution in [0.2, 0.25) is 0 Å². The smallest absolute Gasteiger partial charge is 0.327 e. The molecule has 2 atom stereocenters. The molecule has 2 rings (SSSR count). The second-order valence-electron chi connectivity index (χ2n) is 5.25. The molecule has 1 unspecified atom stereocenters. The first-order valence-corrected chi connectivity index (χ1v) is 9.30. The van der Waals surface area contributed by atoms with Gasteiger partial charge >= 0.3 is 5.97 Å². The number of Topliss-reactive ketones (excluding diaryl/α,β-unsaturated/α-hetero) is 1. The van der Waals surface area contributed by atoms with Crippen LogP contribution in [0.25, 0.3) is 0 Å². The fourth-order valence-corrected chi connectivity index (χ4v) is 4.37. The number of ketones is 1. The molecule has 0 spiro atoms. The van der Waals surface area contributed by atoms with Crippen LogP contribution in [0, 0.1) is 0 Å². The molecule has 8 heteroatoms. The van der Waals surface area contributed by atoms with Crippen molar-refractivity contribution in [1.82, 2.24) is 4.90 Å². The van der Waals surface area contributed by atoms with E-state index in [1.54, 1.807) is 30.3 Å². The largest absolute Gasteiger partial charge is 0.480 e. The van der Waals surface area contributed by atoms with Crippen molar-refractivity contribution in [1.29, 1.82) is 0 Å². The molecule has 1 amide bonds. The van der Waals surface area contributed by atoms with E-state index in [9.17, 15) is 24.3 Å². The summed E-state index contributed by atoms with van der Waals surface area (Å²) in [6.07, 6.45) is -0.138. The van der Waals surface area contributed by atoms with Gasteiger partial charge in [0.1, 0.15) is 6.04 Å². The van der Waals surface area contributed by atoms with E-state index in [1.807, 2.05) is 0 Å². The Balaban J connectivity index is 2.15. The highest BCUT2D eigenvalue weighted by Crippen LogP contribution is 2.27. The Morgan fingerprint density at radius 1 is 1.29 bits per heavy atom. The molecule has 1 saturated heterocycles. The van der Waals surface area contributed by atoms with Gasteiger partial charge in [-0.2, -0.15) is 0 Å². The number of aliphatic carboxylic acids is 1. The summed E-state index contributed by atoms with van der Waals surface area (Å²) in [7, 11) is 0. The summed E-state index contributed by atoms with van der Waals surface area (Å²) < 4.78 is 0. The number of hydrogen-bond donors (Lipinski definition) is 1. The summed E-state index contributed by atoms with van der Waals surface area (Å²) in [4.78, 5) is 49.0. The Bertz CT molecular complexity index is 649. The Kier molecular flexibility index (Phi) is 6.44. The number of nitrogens with zero attached hydrogens (tertiary/aromatic N) is 1. The number of carboxylic acids is 1. The number of amides is 1. The Morgan fingerprint density at radius 3 is 2.54 bits per heavy atom. The van der Waals surface area contributed by atoms with Crippen LogP contribution < -0.4 is 0 Å². The fourth-order valence-electron chi connectivity index (χ4n) is 2.34. The van der Waals surface area contributed by atoms with E-state index >= 15 is 0 Å². The number of rotatable bonds is 6. The van der Waals surface area contributed by atoms with Crippen molar-refractivity contribution in [3.05, 3.63) is 35.9 Å². The molecule has 6 nitrogen and oxygen atoms in total. The molecule has 0 aliphatic carbocycles. The topological polar surface area (TPSA) is 91.8 Å². The normalized spacial score (nSPS) is 18.2. The molecule has 128 valence electrons. The minimum absolute atomic E-state index is 0.138. The molecule has 0 radical (unpaired) electrons. The van der Waals surface area contributed by atoms with Gasteiger partial charge in [-0.05, 0) is 0 Å². The van der Waals surface area contributed by atoms with E-state index in [0.29, 0.717) is 11.3 Å². The maximum absolute atomic E-state index is 12.7. The molecule has 0 saturated carbocycles. The zero-order chi connectivity index (χ0) is 17.7. The monoisotopic (exact) mass is 367 g/mol. The van der Waals surface area contributed by atoms with Crippen LogP contribution in [0.3, 0.4) is 0 Å². The van der Waals surface area contributed by atoms with Crippen LogP contribution in [0.1, 0.15) is 23.7 Å². The van der Waals surface area contributed by atoms with Crippen molar-refractivity contribution in [3.8, 4) is 0 Å². The highest BCUT2D eigenvalue weighted by atomic mass is 32.2. The van der Waals surface area contributed by atoms with Gasteiger partial charge < -0.3 is 10.0 Å². The predicted octanol–water partition coefficient (Wildman–Crippen LogP) is 1.89. The lowest BCUT2D eigenvalue weighted by Gasteiger charge is -2.25. The van der Waals surface area contributed by atoms with Gasteiger partial charge in [0.2, 0.25) is 5.91 Å². The highest BCUT2D eigenvalue weighted by Gasteiger charge is 2.39. The van der Waals surface area contributed by atoms with Crippen LogP contribution in [0.4, 0.5) is 0 Å². The predicted molar refractivity (Wildman–Crippen MR) is 93.0 cm³/mol. The zero-order valence-electron chi connectivity index (χ0n) is 13.0. The lowest BCUT2D eigenvalue weighted by Crippen LogP contribution is -2.46. The van der Waals surface area contributed by atoms with Crippen molar-refractivity contribution in [2.24, 2.45) is 0 Å². The van der Waals surface area contributed by atoms with Crippen LogP contribution in [-0.4, -0.2) is 55.7 Å². The summed E-state index contributed by atoms with van der Waals surface area (Å²) in [6, 6.07) is 7.61. The number of carbonyl (C=O) groups is 4. The van der Waals surface area contributed by atoms with E-state index in [-0.39, 0.29) is 23.2 Å². The van der Waals surface area contributed by atoms with Crippen LogP contribution in [0.15, 0.2) is 30.3 Å². The minimum Gasteiger partial charge on any atom is -0.480 e. The number of thioether (sulfide) groups is 2. The van der Waals surface area contributed by atoms with Crippen molar-refractivity contribution in [3.63, 3.8) is 0 Å². The van der Waals surface area contributed by atoms with Crippen molar-refractivity contribution in [2.75, 3.05) is 11.6 Å². The van der Waals surface area contributed by atoms with E-state index in [1.165, 1.54) is 23.6 Å². The lowest BCUT2D eigenvalue weighted by atomic mass is 10.1. The second-order valence-corrected chi connectivity index (χ2v) is 7.63. The number of benzene rings is 1. The minimum atomic E-state index is -1.07. The summed E-state index contributed by atoms with van der Waals surface area (Å²) in [6.45, 7) is 1.32. The fraction of sp³-hybridized carbons (Fsp3) is 0.375. The zero-order valence-corrected chi connectivity index (χ0v) is 14.6. The number of carbonyl (C=O) groups excluding carboxylic acids is 3. The Hall–Kier alpha value is -1.80. The van der Waals surface area contributed by atoms with E-state index in [0.717, 1.165) is 11.8 Å². The molecule has 0 aromatic heterocycles. The maximum atomic E-state index is 12.7. The van der Waals surface area contributed by atoms with E-state index in [4.69, 9.17) is 0 Å². The van der Waals surface area contributed by atoms with Crippen molar-refractivity contribution < 1.29 is 24.3 Å². The van der Waals surface area contributed by atoms with Gasteiger partial charge in [0.05, 0.1) is 11.1 Å². The molecule has 1 N–H and O–H groups in total. The second kappa shape index (κ2) is 8.34. The van der Waals surface area contributed by atoms with Gasteiger partial charge in [-0.25, -0.2) is 4.79 Å². The molecule has 24 heavy (non-hydrogen) atoms. The average Bonchev–Trinajstić information content (AvgIpc) is 3.03. The van der Waals surface area contributed by atoms with Crippen LogP contribution in [-0.2, 0) is 14.4 Å². The third-order valence-electron chi connectivity index (χ3n) is 3.50. The van der Waals surface area contributed by atoms with Crippen molar-refractivity contribution in [2.45, 2.75) is 24.6 Å². The third kappa shape index (κ3) is 4.61. The van der Waals surface area contributed by atoms with Gasteiger partial charge in [0.25, 0.3) is 0 Å². The molecule has 1 aliphatic rings. The van der Waals surface area contributed by atoms with Crippen molar-refractivity contribution >= 4 is 46.3 Å². The Labute approximate surface area is 148 Å². The molecule has 1 aromatic carbocycles. The molecular weight excluding hydrogens is 350 g/mol. The first-order chi connectivity index (χ1) is 11.4. The van der Waals surface area contributed by atoms with Gasteiger partial charge in [0.15, 0.2) is 10.9 Å². The summed E-state index contributed by atoms with van der Waals surface area (Å²) in [5, 5.41) is 8.02. The number of carboxylic acid groups (broad SMARTS) is 1. The molecular formula is C16H17NO5S2. The first kappa shape index (κ1) is 18.5. The van der Waals surface area contributed by atoms with Gasteiger partial charge in [-0.15, -0.1) is 11.8 Å². The molecule has 0 bridgehead atoms. The molecule has 1 aliphatic heterocycles. The number of hydrogen-bond acceptors (Lipinski definition) is 6. The molecule has 1 aromatic rings. The standard InChI is InChI=1S/C16H17NO5S2/c1-10(18)24-14(7-13(19)11-5-3-2-4-6-11)15(20)17-9-23-8-12(17)16(21)22/h2-6,12,14H,7-9H2,1H3,(H,21,22)/t12-,14?/m0/s1. The van der Waals surface area contributed by atoms with Gasteiger partial charge in [0, 0.05) is 24.7 Å². The maximum Gasteiger partial charge on any atom is 0.327 e. The average molecular weight is 367 g/mol. The summed E-state index contributed by atoms with van der Waals surface area (Å²) in [5.74, 6) is -1.23. The van der Waals surface area contributed by atoms with Crippen LogP contribution in [0.5, 0.6) is 0 Å². The lowest BCUT2D eigenvalue weighted by molar-refractivity contribution is -0.147. The Morgan fingerprint density at radius 2 is 1.96 bits per heavy atom. The van der Waals surface area contributed by atoms with E-state index < -0.39 is 23.2 Å². The van der Waals surface area contributed by atoms with Gasteiger partial charge in [-0.1, -0.05) is 42.1 Å². The highest BCUT2D eigenvalue weighted by molar-refractivity contribution is 8.14.